The van der Waals surface area contributed by atoms with E-state index in [-0.39, 0.29) is 5.91 Å². The molecule has 0 radical (unpaired) electrons. The van der Waals surface area contributed by atoms with Crippen LogP contribution in [0.4, 0.5) is 0 Å². The number of thiophene rings is 1. The predicted molar refractivity (Wildman–Crippen MR) is 106 cm³/mol. The van der Waals surface area contributed by atoms with Crippen LogP contribution in [-0.2, 0) is 19.5 Å². The van der Waals surface area contributed by atoms with E-state index in [0.29, 0.717) is 24.2 Å². The van der Waals surface area contributed by atoms with Gasteiger partial charge in [-0.05, 0) is 38.1 Å². The van der Waals surface area contributed by atoms with Gasteiger partial charge in [-0.3, -0.25) is 9.69 Å². The van der Waals surface area contributed by atoms with Crippen LogP contribution >= 0.6 is 22.9 Å². The number of amides is 1. The third-order valence-corrected chi connectivity index (χ3v) is 6.61. The number of hydrogen-bond acceptors (Lipinski definition) is 6. The fourth-order valence-corrected chi connectivity index (χ4v) is 5.18. The van der Waals surface area contributed by atoms with Crippen molar-refractivity contribution in [3.63, 3.8) is 0 Å². The lowest BCUT2D eigenvalue weighted by molar-refractivity contribution is 0.0932. The molecule has 1 N–H and O–H groups in total. The zero-order chi connectivity index (χ0) is 19.0. The zero-order valence-corrected chi connectivity index (χ0v) is 17.3. The fraction of sp³-hybridized carbons (Fsp3) is 0.611. The Kier molecular flexibility index (Phi) is 5.50. The third-order valence-electron chi connectivity index (χ3n) is 5.40. The second kappa shape index (κ2) is 7.87. The molecule has 1 fully saturated rings. The first-order valence-electron chi connectivity index (χ1n) is 9.31. The number of fused-ring (bicyclic) bond motifs is 2. The number of nitrogens with zero attached hydrogens (tertiary/aromatic N) is 5. The van der Waals surface area contributed by atoms with E-state index in [1.807, 2.05) is 29.6 Å². The first kappa shape index (κ1) is 18.9. The second-order valence-corrected chi connectivity index (χ2v) is 9.53. The molecule has 7 nitrogen and oxygen atoms in total. The first-order chi connectivity index (χ1) is 13.0. The zero-order valence-electron chi connectivity index (χ0n) is 15.7. The summed E-state index contributed by atoms with van der Waals surface area (Å²) in [6, 6.07) is 4.08. The van der Waals surface area contributed by atoms with Gasteiger partial charge in [0.05, 0.1) is 4.34 Å². The normalized spacial score (nSPS) is 22.1. The van der Waals surface area contributed by atoms with Gasteiger partial charge in [0.15, 0.2) is 0 Å². The van der Waals surface area contributed by atoms with E-state index >= 15 is 0 Å². The molecule has 9 heteroatoms. The van der Waals surface area contributed by atoms with E-state index in [1.165, 1.54) is 4.88 Å². The Balaban J connectivity index is 1.39. The molecule has 1 saturated heterocycles. The van der Waals surface area contributed by atoms with Gasteiger partial charge >= 0.3 is 0 Å². The molecule has 146 valence electrons. The van der Waals surface area contributed by atoms with Crippen LogP contribution in [0.2, 0.25) is 4.34 Å². The van der Waals surface area contributed by atoms with Gasteiger partial charge in [0.25, 0.3) is 5.91 Å². The molecule has 0 bridgehead atoms. The van der Waals surface area contributed by atoms with E-state index in [4.69, 9.17) is 11.6 Å². The van der Waals surface area contributed by atoms with Crippen LogP contribution < -0.4 is 5.32 Å². The average Bonchev–Trinajstić information content (AvgIpc) is 3.30. The molecular weight excluding hydrogens is 384 g/mol. The van der Waals surface area contributed by atoms with Crippen LogP contribution in [0.15, 0.2) is 12.1 Å². The van der Waals surface area contributed by atoms with Crippen LogP contribution in [0.1, 0.15) is 21.3 Å². The molecule has 0 aliphatic carbocycles. The summed E-state index contributed by atoms with van der Waals surface area (Å²) in [6.07, 6.45) is 0.893. The van der Waals surface area contributed by atoms with Crippen molar-refractivity contribution in [2.24, 2.45) is 11.8 Å². The summed E-state index contributed by atoms with van der Waals surface area (Å²) in [4.78, 5) is 18.3. The van der Waals surface area contributed by atoms with Crippen molar-refractivity contribution in [1.82, 2.24) is 29.9 Å². The summed E-state index contributed by atoms with van der Waals surface area (Å²) in [7, 11) is 3.97. The molecule has 0 saturated carbocycles. The molecule has 2 aliphatic rings. The van der Waals surface area contributed by atoms with Crippen molar-refractivity contribution in [3.8, 4) is 0 Å². The van der Waals surface area contributed by atoms with Gasteiger partial charge in [-0.25, -0.2) is 0 Å². The minimum Gasteiger partial charge on any atom is -0.348 e. The molecule has 2 aromatic heterocycles. The van der Waals surface area contributed by atoms with Crippen molar-refractivity contribution >= 4 is 28.8 Å². The van der Waals surface area contributed by atoms with E-state index in [2.05, 4.69) is 26.5 Å². The van der Waals surface area contributed by atoms with Crippen molar-refractivity contribution < 1.29 is 4.79 Å². The number of likely N-dealkylation sites (N-methyl/N-ethyl adjacent to an activating group) is 1. The summed E-state index contributed by atoms with van der Waals surface area (Å²) in [5.41, 5.74) is 0. The third kappa shape index (κ3) is 4.18. The van der Waals surface area contributed by atoms with Crippen LogP contribution in [0, 0.1) is 11.8 Å². The fourth-order valence-electron chi connectivity index (χ4n) is 4.05. The van der Waals surface area contributed by atoms with Gasteiger partial charge in [-0.1, -0.05) is 11.6 Å². The summed E-state index contributed by atoms with van der Waals surface area (Å²) < 4.78 is 2.87. The summed E-state index contributed by atoms with van der Waals surface area (Å²) in [5, 5.41) is 11.4. The monoisotopic (exact) mass is 408 g/mol. The smallest absolute Gasteiger partial charge is 0.289 e. The van der Waals surface area contributed by atoms with Crippen molar-refractivity contribution in [1.29, 1.82) is 0 Å². The Hall–Kier alpha value is -1.48. The highest BCUT2D eigenvalue weighted by Gasteiger charge is 2.39. The molecule has 4 heterocycles. The molecule has 0 spiro atoms. The first-order valence-corrected chi connectivity index (χ1v) is 10.5. The summed E-state index contributed by atoms with van der Waals surface area (Å²) in [5.74, 6) is 2.39. The van der Waals surface area contributed by atoms with Gasteiger partial charge < -0.3 is 14.8 Å². The Bertz CT molecular complexity index is 819. The maximum absolute atomic E-state index is 12.5. The summed E-state index contributed by atoms with van der Waals surface area (Å²) >= 11 is 7.71. The number of likely N-dealkylation sites (tertiary alicyclic amines) is 1. The van der Waals surface area contributed by atoms with E-state index in [1.54, 1.807) is 11.3 Å². The molecule has 27 heavy (non-hydrogen) atoms. The number of carbonyl (C=O) groups excluding carboxylic acids is 1. The standard InChI is InChI=1S/C18H25ClN6OS/c1-23(2)6-5-20-18(26)17-22-21-16-7-12-8-24(9-13(12)10-25(16)17)11-14-3-4-15(19)27-14/h3-4,12-13H,5-11H2,1-2H3,(H,20,26)/t12-,13-/m0/s1. The molecule has 0 aromatic carbocycles. The maximum Gasteiger partial charge on any atom is 0.289 e. The predicted octanol–water partition coefficient (Wildman–Crippen LogP) is 1.59. The minimum atomic E-state index is -0.128. The maximum atomic E-state index is 12.5. The van der Waals surface area contributed by atoms with Crippen LogP contribution in [0.5, 0.6) is 0 Å². The van der Waals surface area contributed by atoms with Gasteiger partial charge in [0, 0.05) is 50.6 Å². The largest absolute Gasteiger partial charge is 0.348 e. The van der Waals surface area contributed by atoms with Gasteiger partial charge in [-0.2, -0.15) is 0 Å². The highest BCUT2D eigenvalue weighted by Crippen LogP contribution is 2.34. The van der Waals surface area contributed by atoms with Crippen molar-refractivity contribution in [3.05, 3.63) is 33.0 Å². The molecule has 4 rings (SSSR count). The molecule has 0 unspecified atom stereocenters. The SMILES string of the molecule is CN(C)CCNC(=O)c1nnc2n1C[C@@H]1CN(Cc3ccc(Cl)s3)C[C@@H]1C2. The summed E-state index contributed by atoms with van der Waals surface area (Å²) in [6.45, 7) is 5.29. The Morgan fingerprint density at radius 3 is 2.85 bits per heavy atom. The quantitative estimate of drug-likeness (QED) is 0.786. The number of nitrogens with one attached hydrogen (secondary N) is 1. The molecule has 2 atom stereocenters. The van der Waals surface area contributed by atoms with E-state index in [0.717, 1.165) is 49.3 Å². The number of halogens is 1. The molecule has 2 aromatic rings. The van der Waals surface area contributed by atoms with Gasteiger partial charge in [0.2, 0.25) is 5.82 Å². The second-order valence-electron chi connectivity index (χ2n) is 7.73. The van der Waals surface area contributed by atoms with Gasteiger partial charge in [-0.15, -0.1) is 21.5 Å². The minimum absolute atomic E-state index is 0.128. The van der Waals surface area contributed by atoms with Crippen LogP contribution in [0.25, 0.3) is 0 Å². The Morgan fingerprint density at radius 2 is 2.11 bits per heavy atom. The van der Waals surface area contributed by atoms with Crippen LogP contribution in [0.3, 0.4) is 0 Å². The number of hydrogen-bond donors (Lipinski definition) is 1. The van der Waals surface area contributed by atoms with E-state index < -0.39 is 0 Å². The molecule has 1 amide bonds. The lowest BCUT2D eigenvalue weighted by atomic mass is 9.89. The Morgan fingerprint density at radius 1 is 1.30 bits per heavy atom. The lowest BCUT2D eigenvalue weighted by Crippen LogP contribution is -2.35. The van der Waals surface area contributed by atoms with Crippen molar-refractivity contribution in [2.75, 3.05) is 40.3 Å². The Labute approximate surface area is 168 Å². The number of rotatable bonds is 6. The number of aromatic nitrogens is 3. The number of carbonyl (C=O) groups is 1. The highest BCUT2D eigenvalue weighted by atomic mass is 35.5. The van der Waals surface area contributed by atoms with E-state index in [9.17, 15) is 4.79 Å². The van der Waals surface area contributed by atoms with Crippen LogP contribution in [-0.4, -0.2) is 70.7 Å². The molecular formula is C18H25ClN6OS. The lowest BCUT2D eigenvalue weighted by Gasteiger charge is -2.25. The highest BCUT2D eigenvalue weighted by molar-refractivity contribution is 7.16. The molecule has 2 aliphatic heterocycles. The van der Waals surface area contributed by atoms with Gasteiger partial charge in [0.1, 0.15) is 5.82 Å². The average molecular weight is 409 g/mol. The topological polar surface area (TPSA) is 66.3 Å². The van der Waals surface area contributed by atoms with Crippen molar-refractivity contribution in [2.45, 2.75) is 19.5 Å².